The van der Waals surface area contributed by atoms with Gasteiger partial charge in [0.25, 0.3) is 6.47 Å². The van der Waals surface area contributed by atoms with Crippen molar-refractivity contribution < 1.29 is 23.1 Å². The van der Waals surface area contributed by atoms with E-state index in [0.29, 0.717) is 6.04 Å². The molecule has 0 spiro atoms. The van der Waals surface area contributed by atoms with Gasteiger partial charge in [0, 0.05) is 44.5 Å². The Hall–Kier alpha value is -1.35. The largest absolute Gasteiger partial charge is 0.483 e. The molecule has 140 valence electrons. The van der Waals surface area contributed by atoms with Crippen molar-refractivity contribution in [2.24, 2.45) is 0 Å². The Morgan fingerprint density at radius 2 is 1.67 bits per heavy atom. The van der Waals surface area contributed by atoms with E-state index in [-0.39, 0.29) is 24.3 Å². The van der Waals surface area contributed by atoms with Crippen molar-refractivity contribution in [3.8, 4) is 0 Å². The second-order valence-corrected chi connectivity index (χ2v) is 8.69. The number of carbonyl (C=O) groups excluding carboxylic acids is 1. The Morgan fingerprint density at radius 1 is 1.21 bits per heavy atom. The second-order valence-electron chi connectivity index (χ2n) is 6.50. The highest BCUT2D eigenvalue weighted by atomic mass is 32.2. The number of nitrogens with one attached hydrogen (secondary N) is 1. The Morgan fingerprint density at radius 3 is 2.12 bits per heavy atom. The molecule has 2 aliphatic rings. The first kappa shape index (κ1) is 20.7. The number of hydrogen-bond acceptors (Lipinski definition) is 5. The monoisotopic (exact) mass is 363 g/mol. The Bertz CT molecular complexity index is 497. The highest BCUT2D eigenvalue weighted by Gasteiger charge is 2.28. The van der Waals surface area contributed by atoms with Crippen LogP contribution in [0.1, 0.15) is 32.6 Å². The number of rotatable bonds is 4. The molecule has 0 aliphatic carbocycles. The van der Waals surface area contributed by atoms with E-state index in [2.05, 4.69) is 5.32 Å². The molecule has 0 bridgehead atoms. The molecule has 24 heavy (non-hydrogen) atoms. The van der Waals surface area contributed by atoms with Crippen molar-refractivity contribution in [3.05, 3.63) is 0 Å². The summed E-state index contributed by atoms with van der Waals surface area (Å²) in [5, 5.41) is 10.3. The molecule has 2 rings (SSSR count). The van der Waals surface area contributed by atoms with E-state index in [1.54, 1.807) is 0 Å². The molecular formula is C15H29N3O5S. The summed E-state index contributed by atoms with van der Waals surface area (Å²) < 4.78 is 22.5. The van der Waals surface area contributed by atoms with Crippen LogP contribution in [0.2, 0.25) is 0 Å². The van der Waals surface area contributed by atoms with Gasteiger partial charge in [-0.25, -0.2) is 13.2 Å². The van der Waals surface area contributed by atoms with Crippen molar-refractivity contribution in [2.45, 2.75) is 44.7 Å². The molecule has 0 aromatic carbocycles. The number of amides is 2. The third-order valence-electron chi connectivity index (χ3n) is 4.22. The molecule has 1 atom stereocenters. The van der Waals surface area contributed by atoms with Gasteiger partial charge in [0.1, 0.15) is 9.84 Å². The summed E-state index contributed by atoms with van der Waals surface area (Å²) in [6, 6.07) is 0.449. The Labute approximate surface area is 144 Å². The first-order valence-electron chi connectivity index (χ1n) is 8.32. The second kappa shape index (κ2) is 9.83. The average Bonchev–Trinajstić information content (AvgIpc) is 3.00. The fourth-order valence-corrected chi connectivity index (χ4v) is 4.25. The number of urea groups is 1. The first-order chi connectivity index (χ1) is 11.3. The van der Waals surface area contributed by atoms with Crippen LogP contribution in [0.5, 0.6) is 0 Å². The van der Waals surface area contributed by atoms with Crippen LogP contribution in [-0.2, 0) is 14.6 Å². The number of sulfone groups is 1. The van der Waals surface area contributed by atoms with E-state index in [0.717, 1.165) is 51.9 Å². The molecular weight excluding hydrogens is 334 g/mol. The molecule has 0 aromatic heterocycles. The van der Waals surface area contributed by atoms with E-state index in [1.807, 2.05) is 16.7 Å². The number of hydrogen-bond donors (Lipinski definition) is 2. The quantitative estimate of drug-likeness (QED) is 0.700. The van der Waals surface area contributed by atoms with E-state index >= 15 is 0 Å². The van der Waals surface area contributed by atoms with Crippen molar-refractivity contribution in [3.63, 3.8) is 0 Å². The standard InChI is InChI=1S/C14H27N3O3S.CH2O2/c1-12(11-21(2,19)20)15-13-5-9-17(10-6-13)14(18)16-7-3-4-8-16;2-1-3/h12-13,15H,3-11H2,1-2H3;1H,(H,2,3). The fraction of sp³-hybridized carbons (Fsp3) is 0.867. The zero-order chi connectivity index (χ0) is 18.2. The minimum Gasteiger partial charge on any atom is -0.483 e. The molecule has 8 nitrogen and oxygen atoms in total. The number of nitrogens with zero attached hydrogens (tertiary/aromatic N) is 2. The molecule has 0 aromatic rings. The van der Waals surface area contributed by atoms with Gasteiger partial charge in [0.05, 0.1) is 5.75 Å². The SMILES string of the molecule is CC(CS(C)(=O)=O)NC1CCN(C(=O)N2CCCC2)CC1.O=CO. The third-order valence-corrected chi connectivity index (χ3v) is 5.32. The number of likely N-dealkylation sites (tertiary alicyclic amines) is 2. The molecule has 0 radical (unpaired) electrons. The summed E-state index contributed by atoms with van der Waals surface area (Å²) in [5.74, 6) is 0.167. The smallest absolute Gasteiger partial charge is 0.319 e. The highest BCUT2D eigenvalue weighted by Crippen LogP contribution is 2.16. The zero-order valence-corrected chi connectivity index (χ0v) is 15.3. The van der Waals surface area contributed by atoms with Gasteiger partial charge in [0.2, 0.25) is 0 Å². The van der Waals surface area contributed by atoms with Crippen LogP contribution >= 0.6 is 0 Å². The van der Waals surface area contributed by atoms with Gasteiger partial charge in [-0.2, -0.15) is 0 Å². The topological polar surface area (TPSA) is 107 Å². The van der Waals surface area contributed by atoms with Gasteiger partial charge in [-0.3, -0.25) is 4.79 Å². The van der Waals surface area contributed by atoms with Crippen LogP contribution in [0, 0.1) is 0 Å². The summed E-state index contributed by atoms with van der Waals surface area (Å²) in [6.45, 7) is 4.96. The molecule has 9 heteroatoms. The summed E-state index contributed by atoms with van der Waals surface area (Å²) in [6.07, 6.45) is 5.30. The average molecular weight is 363 g/mol. The lowest BCUT2D eigenvalue weighted by Gasteiger charge is -2.35. The maximum Gasteiger partial charge on any atom is 0.319 e. The van der Waals surface area contributed by atoms with Crippen LogP contribution < -0.4 is 5.32 Å². The number of carboxylic acid groups (broad SMARTS) is 1. The third kappa shape index (κ3) is 7.48. The molecule has 2 N–H and O–H groups in total. The van der Waals surface area contributed by atoms with Gasteiger partial charge in [-0.1, -0.05) is 0 Å². The lowest BCUT2D eigenvalue weighted by molar-refractivity contribution is -0.122. The van der Waals surface area contributed by atoms with E-state index < -0.39 is 9.84 Å². The van der Waals surface area contributed by atoms with Gasteiger partial charge in [0.15, 0.2) is 0 Å². The van der Waals surface area contributed by atoms with E-state index in [1.165, 1.54) is 6.26 Å². The van der Waals surface area contributed by atoms with Gasteiger partial charge in [-0.15, -0.1) is 0 Å². The predicted molar refractivity (Wildman–Crippen MR) is 91.8 cm³/mol. The van der Waals surface area contributed by atoms with E-state index in [4.69, 9.17) is 9.90 Å². The molecule has 1 unspecified atom stereocenters. The highest BCUT2D eigenvalue weighted by molar-refractivity contribution is 7.90. The molecule has 2 fully saturated rings. The van der Waals surface area contributed by atoms with E-state index in [9.17, 15) is 13.2 Å². The maximum absolute atomic E-state index is 12.3. The maximum atomic E-state index is 12.3. The number of carbonyl (C=O) groups is 2. The Kier molecular flexibility index (Phi) is 8.47. The van der Waals surface area contributed by atoms with Gasteiger partial charge < -0.3 is 20.2 Å². The number of piperidine rings is 1. The summed E-state index contributed by atoms with van der Waals surface area (Å²) in [7, 11) is -2.94. The minimum absolute atomic E-state index is 0.0363. The molecule has 2 aliphatic heterocycles. The van der Waals surface area contributed by atoms with Crippen LogP contribution in [0.25, 0.3) is 0 Å². The lowest BCUT2D eigenvalue weighted by atomic mass is 10.0. The van der Waals surface area contributed by atoms with Crippen LogP contribution in [0.4, 0.5) is 4.79 Å². The van der Waals surface area contributed by atoms with Gasteiger partial charge in [-0.05, 0) is 32.6 Å². The van der Waals surface area contributed by atoms with Crippen molar-refractivity contribution in [1.29, 1.82) is 0 Å². The summed E-state index contributed by atoms with van der Waals surface area (Å²) in [4.78, 5) is 24.5. The van der Waals surface area contributed by atoms with Crippen molar-refractivity contribution in [1.82, 2.24) is 15.1 Å². The lowest BCUT2D eigenvalue weighted by Crippen LogP contribution is -2.51. The van der Waals surface area contributed by atoms with Crippen LogP contribution in [-0.4, -0.2) is 86.1 Å². The predicted octanol–water partition coefficient (Wildman–Crippen LogP) is 0.390. The summed E-state index contributed by atoms with van der Waals surface area (Å²) in [5.41, 5.74) is 0. The first-order valence-corrected chi connectivity index (χ1v) is 10.4. The van der Waals surface area contributed by atoms with Gasteiger partial charge >= 0.3 is 6.03 Å². The normalized spacial score (nSPS) is 20.2. The Balaban J connectivity index is 0.000000891. The fourth-order valence-electron chi connectivity index (χ4n) is 3.25. The molecule has 2 saturated heterocycles. The molecule has 2 amide bonds. The minimum atomic E-state index is -2.94. The molecule has 2 heterocycles. The molecule has 0 saturated carbocycles. The van der Waals surface area contributed by atoms with Crippen LogP contribution in [0.3, 0.4) is 0 Å². The summed E-state index contributed by atoms with van der Waals surface area (Å²) >= 11 is 0. The van der Waals surface area contributed by atoms with Crippen molar-refractivity contribution >= 4 is 22.3 Å². The van der Waals surface area contributed by atoms with Crippen molar-refractivity contribution in [2.75, 3.05) is 38.2 Å². The van der Waals surface area contributed by atoms with Crippen LogP contribution in [0.15, 0.2) is 0 Å². The zero-order valence-electron chi connectivity index (χ0n) is 14.5.